The lowest BCUT2D eigenvalue weighted by atomic mass is 9.73. The smallest absolute Gasteiger partial charge is 0.116 e. The van der Waals surface area contributed by atoms with E-state index in [-0.39, 0.29) is 17.7 Å². The van der Waals surface area contributed by atoms with Gasteiger partial charge in [-0.25, -0.2) is 4.39 Å². The van der Waals surface area contributed by atoms with Gasteiger partial charge in [-0.15, -0.1) is 0 Å². The molecule has 0 aromatic rings. The molecule has 1 aliphatic rings. The Bertz CT molecular complexity index is 274. The number of rotatable bonds is 1. The van der Waals surface area contributed by atoms with Gasteiger partial charge in [0, 0.05) is 0 Å². The maximum absolute atomic E-state index is 13.7. The minimum Gasteiger partial charge on any atom is -0.208 e. The van der Waals surface area contributed by atoms with E-state index in [0.29, 0.717) is 5.47 Å². The summed E-state index contributed by atoms with van der Waals surface area (Å²) in [6.45, 7) is 7.97. The van der Waals surface area contributed by atoms with Crippen LogP contribution in [0.15, 0.2) is 22.4 Å². The lowest BCUT2D eigenvalue weighted by Gasteiger charge is -2.26. The zero-order valence-corrected chi connectivity index (χ0v) is 8.82. The van der Waals surface area contributed by atoms with Gasteiger partial charge in [0.05, 0.1) is 0 Å². The van der Waals surface area contributed by atoms with Crippen molar-refractivity contribution in [3.05, 3.63) is 22.4 Å². The van der Waals surface area contributed by atoms with E-state index in [1.54, 1.807) is 0 Å². The van der Waals surface area contributed by atoms with Crippen LogP contribution in [0.2, 0.25) is 0 Å². The van der Waals surface area contributed by atoms with Crippen LogP contribution in [0, 0.1) is 11.8 Å². The first-order valence-electron chi connectivity index (χ1n) is 4.80. The van der Waals surface area contributed by atoms with E-state index >= 15 is 0 Å². The van der Waals surface area contributed by atoms with Gasteiger partial charge in [-0.3, -0.25) is 0 Å². The molecule has 0 fully saturated rings. The molecule has 0 bridgehead atoms. The molecule has 0 nitrogen and oxygen atoms in total. The van der Waals surface area contributed by atoms with Crippen LogP contribution in [0.5, 0.6) is 0 Å². The zero-order valence-electron chi connectivity index (χ0n) is 8.82. The van der Waals surface area contributed by atoms with Crippen molar-refractivity contribution in [2.45, 2.75) is 34.1 Å². The lowest BCUT2D eigenvalue weighted by molar-refractivity contribution is 0.543. The first-order valence-corrected chi connectivity index (χ1v) is 4.80. The van der Waals surface area contributed by atoms with Crippen molar-refractivity contribution >= 4 is 7.85 Å². The normalized spacial score (nSPS) is 24.6. The Hall–Kier alpha value is -0.525. The third kappa shape index (κ3) is 1.87. The molecule has 13 heavy (non-hydrogen) atoms. The highest BCUT2D eigenvalue weighted by Crippen LogP contribution is 2.36. The monoisotopic (exact) mass is 178 g/mol. The molecule has 1 unspecified atom stereocenters. The molecular weight excluding hydrogens is 162 g/mol. The van der Waals surface area contributed by atoms with Gasteiger partial charge in [0.1, 0.15) is 13.7 Å². The summed E-state index contributed by atoms with van der Waals surface area (Å²) in [5.41, 5.74) is 2.39. The van der Waals surface area contributed by atoms with Gasteiger partial charge in [0.15, 0.2) is 0 Å². The number of hydrogen-bond acceptors (Lipinski definition) is 0. The lowest BCUT2D eigenvalue weighted by Crippen LogP contribution is -2.13. The highest BCUT2D eigenvalue weighted by atomic mass is 19.1. The average molecular weight is 178 g/mol. The summed E-state index contributed by atoms with van der Waals surface area (Å²) in [7, 11) is 5.68. The van der Waals surface area contributed by atoms with Crippen molar-refractivity contribution in [3.8, 4) is 0 Å². The molecule has 0 N–H and O–H groups in total. The Labute approximate surface area is 81.3 Å². The Kier molecular flexibility index (Phi) is 3.00. The van der Waals surface area contributed by atoms with E-state index in [1.807, 2.05) is 27.7 Å². The third-order valence-corrected chi connectivity index (χ3v) is 2.67. The van der Waals surface area contributed by atoms with Crippen LogP contribution in [0.25, 0.3) is 0 Å². The largest absolute Gasteiger partial charge is 0.208 e. The predicted molar refractivity (Wildman–Crippen MR) is 55.2 cm³/mol. The summed E-state index contributed by atoms with van der Waals surface area (Å²) < 4.78 is 13.7. The Morgan fingerprint density at radius 1 is 1.46 bits per heavy atom. The molecule has 1 atom stereocenters. The van der Waals surface area contributed by atoms with Gasteiger partial charge in [-0.1, -0.05) is 31.8 Å². The van der Waals surface area contributed by atoms with Crippen LogP contribution in [0.4, 0.5) is 4.39 Å². The number of halogens is 1. The second-order valence-electron chi connectivity index (χ2n) is 4.22. The second kappa shape index (κ2) is 3.69. The first-order chi connectivity index (χ1) is 5.95. The topological polar surface area (TPSA) is 0 Å². The van der Waals surface area contributed by atoms with Crippen LogP contribution >= 0.6 is 0 Å². The van der Waals surface area contributed by atoms with E-state index < -0.39 is 0 Å². The molecule has 2 radical (unpaired) electrons. The van der Waals surface area contributed by atoms with Crippen molar-refractivity contribution < 1.29 is 4.39 Å². The average Bonchev–Trinajstić information content (AvgIpc) is 1.99. The molecule has 0 saturated carbocycles. The fraction of sp³-hybridized carbons (Fsp3) is 0.636. The standard InChI is InChI=1S/C11H16BF/c1-6(2)9-7(3)5-8(4)10(12)11(9)13/h6,8H,5H2,1-4H3. The molecule has 1 aliphatic carbocycles. The van der Waals surface area contributed by atoms with E-state index in [4.69, 9.17) is 7.85 Å². The summed E-state index contributed by atoms with van der Waals surface area (Å²) in [6.07, 6.45) is 0.896. The van der Waals surface area contributed by atoms with Crippen LogP contribution in [-0.2, 0) is 0 Å². The summed E-state index contributed by atoms with van der Waals surface area (Å²) >= 11 is 0. The highest BCUT2D eigenvalue weighted by molar-refractivity contribution is 6.22. The quantitative estimate of drug-likeness (QED) is 0.540. The van der Waals surface area contributed by atoms with Crippen LogP contribution in [0.3, 0.4) is 0 Å². The van der Waals surface area contributed by atoms with Crippen molar-refractivity contribution in [2.75, 3.05) is 0 Å². The van der Waals surface area contributed by atoms with Crippen molar-refractivity contribution in [2.24, 2.45) is 11.8 Å². The molecule has 0 aromatic heterocycles. The van der Waals surface area contributed by atoms with Crippen molar-refractivity contribution in [3.63, 3.8) is 0 Å². The fourth-order valence-electron chi connectivity index (χ4n) is 1.98. The molecule has 0 amide bonds. The minimum atomic E-state index is -0.175. The number of allylic oxidation sites excluding steroid dienone is 4. The van der Waals surface area contributed by atoms with E-state index in [0.717, 1.165) is 17.6 Å². The molecule has 2 heteroatoms. The van der Waals surface area contributed by atoms with E-state index in [1.165, 1.54) is 0 Å². The van der Waals surface area contributed by atoms with Crippen LogP contribution in [0.1, 0.15) is 34.1 Å². The van der Waals surface area contributed by atoms with Gasteiger partial charge in [0.2, 0.25) is 0 Å². The van der Waals surface area contributed by atoms with Gasteiger partial charge in [0.25, 0.3) is 0 Å². The fourth-order valence-corrected chi connectivity index (χ4v) is 1.98. The highest BCUT2D eigenvalue weighted by Gasteiger charge is 2.23. The molecular formula is C11H16BF. The summed E-state index contributed by atoms with van der Waals surface area (Å²) in [4.78, 5) is 0. The molecule has 0 heterocycles. The van der Waals surface area contributed by atoms with Gasteiger partial charge in [-0.05, 0) is 30.8 Å². The second-order valence-corrected chi connectivity index (χ2v) is 4.22. The molecule has 70 valence electrons. The molecule has 1 rings (SSSR count). The summed E-state index contributed by atoms with van der Waals surface area (Å²) in [5.74, 6) is 0.208. The first kappa shape index (κ1) is 10.6. The third-order valence-electron chi connectivity index (χ3n) is 2.67. The van der Waals surface area contributed by atoms with Gasteiger partial charge in [-0.2, -0.15) is 0 Å². The molecule has 0 aliphatic heterocycles. The minimum absolute atomic E-state index is 0.155. The van der Waals surface area contributed by atoms with Crippen LogP contribution in [-0.4, -0.2) is 7.85 Å². The maximum atomic E-state index is 13.7. The van der Waals surface area contributed by atoms with E-state index in [9.17, 15) is 4.39 Å². The molecule has 0 spiro atoms. The van der Waals surface area contributed by atoms with Gasteiger partial charge >= 0.3 is 0 Å². The SMILES string of the molecule is [B]C1=C(F)C(C(C)C)=C(C)CC1C. The van der Waals surface area contributed by atoms with Crippen LogP contribution < -0.4 is 0 Å². The summed E-state index contributed by atoms with van der Waals surface area (Å²) in [6, 6.07) is 0. The Balaban J connectivity index is 3.13. The summed E-state index contributed by atoms with van der Waals surface area (Å²) in [5, 5.41) is 0. The Morgan fingerprint density at radius 2 is 2.00 bits per heavy atom. The molecule has 0 saturated heterocycles. The Morgan fingerprint density at radius 3 is 2.46 bits per heavy atom. The van der Waals surface area contributed by atoms with Crippen molar-refractivity contribution in [1.29, 1.82) is 0 Å². The maximum Gasteiger partial charge on any atom is 0.116 e. The zero-order chi connectivity index (χ0) is 10.2. The van der Waals surface area contributed by atoms with Crippen molar-refractivity contribution in [1.82, 2.24) is 0 Å². The molecule has 0 aromatic carbocycles. The predicted octanol–water partition coefficient (Wildman–Crippen LogP) is 3.35. The van der Waals surface area contributed by atoms with Gasteiger partial charge < -0.3 is 0 Å². The number of hydrogen-bond donors (Lipinski definition) is 0. The van der Waals surface area contributed by atoms with E-state index in [2.05, 4.69) is 0 Å².